The molecule has 0 aliphatic heterocycles. The molecule has 5 nitrogen and oxygen atoms in total. The van der Waals surface area contributed by atoms with Crippen LogP contribution >= 0.6 is 0 Å². The van der Waals surface area contributed by atoms with Crippen LogP contribution in [0.25, 0.3) is 0 Å². The van der Waals surface area contributed by atoms with Crippen molar-refractivity contribution in [3.8, 4) is 5.75 Å². The first kappa shape index (κ1) is 20.6. The molecule has 2 rings (SSSR count). The molecule has 0 fully saturated rings. The van der Waals surface area contributed by atoms with Crippen molar-refractivity contribution in [1.82, 2.24) is 5.32 Å². The summed E-state index contributed by atoms with van der Waals surface area (Å²) in [6.45, 7) is 7.69. The first-order valence-corrected chi connectivity index (χ1v) is 9.31. The molecule has 0 aliphatic rings. The fourth-order valence-electron chi connectivity index (χ4n) is 2.55. The van der Waals surface area contributed by atoms with Crippen LogP contribution in [0, 0.1) is 0 Å². The second-order valence-corrected chi connectivity index (χ2v) is 7.80. The van der Waals surface area contributed by atoms with Crippen LogP contribution < -0.4 is 20.3 Å². The number of benzene rings is 2. The topological polar surface area (TPSA) is 53.6 Å². The molecular weight excluding hydrogens is 338 g/mol. The average molecular weight is 370 g/mol. The van der Waals surface area contributed by atoms with E-state index in [9.17, 15) is 4.79 Å². The molecular formula is C22H31N3O2. The van der Waals surface area contributed by atoms with Crippen LogP contribution in [0.4, 0.5) is 16.2 Å². The molecule has 0 saturated carbocycles. The van der Waals surface area contributed by atoms with Crippen molar-refractivity contribution in [2.75, 3.05) is 37.5 Å². The molecule has 0 bridgehead atoms. The Bertz CT molecular complexity index is 734. The van der Waals surface area contributed by atoms with Crippen molar-refractivity contribution in [3.63, 3.8) is 0 Å². The van der Waals surface area contributed by atoms with E-state index in [1.807, 2.05) is 55.4 Å². The molecule has 0 unspecified atom stereocenters. The number of amides is 2. The SMILES string of the molecule is CN(C)c1cccc(NC(=O)NCCCOc2ccc(C(C)(C)C)cc2)c1. The lowest BCUT2D eigenvalue weighted by atomic mass is 9.87. The number of hydrogen-bond donors (Lipinski definition) is 2. The highest BCUT2D eigenvalue weighted by Gasteiger charge is 2.12. The third kappa shape index (κ3) is 6.85. The summed E-state index contributed by atoms with van der Waals surface area (Å²) < 4.78 is 5.74. The number of carbonyl (C=O) groups is 1. The summed E-state index contributed by atoms with van der Waals surface area (Å²) >= 11 is 0. The van der Waals surface area contributed by atoms with Crippen LogP contribution in [0.15, 0.2) is 48.5 Å². The Balaban J connectivity index is 1.68. The summed E-state index contributed by atoms with van der Waals surface area (Å²) in [5.74, 6) is 0.855. The molecule has 2 aromatic rings. The molecule has 0 spiro atoms. The number of anilines is 2. The van der Waals surface area contributed by atoms with Gasteiger partial charge in [-0.05, 0) is 47.7 Å². The van der Waals surface area contributed by atoms with Gasteiger partial charge in [0.2, 0.25) is 0 Å². The smallest absolute Gasteiger partial charge is 0.319 e. The maximum atomic E-state index is 12.0. The van der Waals surface area contributed by atoms with Crippen molar-refractivity contribution >= 4 is 17.4 Å². The number of carbonyl (C=O) groups excluding carboxylic acids is 1. The Morgan fingerprint density at radius 3 is 2.41 bits per heavy atom. The van der Waals surface area contributed by atoms with Crippen LogP contribution in [-0.2, 0) is 5.41 Å². The standard InChI is InChI=1S/C22H31N3O2/c1-22(2,3)17-10-12-20(13-11-17)27-15-7-14-23-21(26)24-18-8-6-9-19(16-18)25(4)5/h6,8-13,16H,7,14-15H2,1-5H3,(H2,23,24,26). The molecule has 0 radical (unpaired) electrons. The molecule has 27 heavy (non-hydrogen) atoms. The number of nitrogens with zero attached hydrogens (tertiary/aromatic N) is 1. The predicted octanol–water partition coefficient (Wildman–Crippen LogP) is 4.64. The number of urea groups is 1. The fraction of sp³-hybridized carbons (Fsp3) is 0.409. The van der Waals surface area contributed by atoms with E-state index in [1.54, 1.807) is 0 Å². The van der Waals surface area contributed by atoms with E-state index < -0.39 is 0 Å². The van der Waals surface area contributed by atoms with Gasteiger partial charge in [-0.25, -0.2) is 4.79 Å². The van der Waals surface area contributed by atoms with Gasteiger partial charge in [0.15, 0.2) is 0 Å². The highest BCUT2D eigenvalue weighted by atomic mass is 16.5. The maximum Gasteiger partial charge on any atom is 0.319 e. The molecule has 0 aliphatic carbocycles. The summed E-state index contributed by atoms with van der Waals surface area (Å²) in [7, 11) is 3.94. The minimum absolute atomic E-state index is 0.141. The quantitative estimate of drug-likeness (QED) is 0.699. The summed E-state index contributed by atoms with van der Waals surface area (Å²) in [4.78, 5) is 14.0. The lowest BCUT2D eigenvalue weighted by molar-refractivity contribution is 0.250. The largest absolute Gasteiger partial charge is 0.494 e. The Labute approximate surface area is 162 Å². The molecule has 2 N–H and O–H groups in total. The Morgan fingerprint density at radius 1 is 1.07 bits per heavy atom. The van der Waals surface area contributed by atoms with E-state index >= 15 is 0 Å². The predicted molar refractivity (Wildman–Crippen MR) is 113 cm³/mol. The second-order valence-electron chi connectivity index (χ2n) is 7.80. The lowest BCUT2D eigenvalue weighted by Crippen LogP contribution is -2.30. The van der Waals surface area contributed by atoms with Crippen molar-refractivity contribution in [1.29, 1.82) is 0 Å². The Kier molecular flexibility index (Phi) is 7.11. The number of ether oxygens (including phenoxy) is 1. The van der Waals surface area contributed by atoms with Crippen LogP contribution in [0.2, 0.25) is 0 Å². The molecule has 2 amide bonds. The molecule has 146 valence electrons. The Morgan fingerprint density at radius 2 is 1.78 bits per heavy atom. The lowest BCUT2D eigenvalue weighted by Gasteiger charge is -2.19. The van der Waals surface area contributed by atoms with Gasteiger partial charge >= 0.3 is 6.03 Å². The minimum Gasteiger partial charge on any atom is -0.494 e. The third-order valence-corrected chi connectivity index (χ3v) is 4.22. The van der Waals surface area contributed by atoms with Crippen LogP contribution in [-0.4, -0.2) is 33.3 Å². The summed E-state index contributed by atoms with van der Waals surface area (Å²) in [6, 6.07) is 15.7. The van der Waals surface area contributed by atoms with Crippen molar-refractivity contribution in [2.45, 2.75) is 32.6 Å². The molecule has 2 aromatic carbocycles. The van der Waals surface area contributed by atoms with E-state index in [0.29, 0.717) is 13.2 Å². The first-order valence-electron chi connectivity index (χ1n) is 9.31. The maximum absolute atomic E-state index is 12.0. The highest BCUT2D eigenvalue weighted by molar-refractivity contribution is 5.89. The van der Waals surface area contributed by atoms with Gasteiger partial charge in [0.25, 0.3) is 0 Å². The number of hydrogen-bond acceptors (Lipinski definition) is 3. The number of nitrogens with one attached hydrogen (secondary N) is 2. The van der Waals surface area contributed by atoms with Gasteiger partial charge in [0, 0.05) is 32.0 Å². The molecule has 5 heteroatoms. The monoisotopic (exact) mass is 369 g/mol. The molecule has 0 aromatic heterocycles. The highest BCUT2D eigenvalue weighted by Crippen LogP contribution is 2.24. The van der Waals surface area contributed by atoms with E-state index in [1.165, 1.54) is 5.56 Å². The summed E-state index contributed by atoms with van der Waals surface area (Å²) in [5.41, 5.74) is 3.24. The van der Waals surface area contributed by atoms with E-state index in [4.69, 9.17) is 4.74 Å². The Hall–Kier alpha value is -2.69. The van der Waals surface area contributed by atoms with Crippen molar-refractivity contribution < 1.29 is 9.53 Å². The zero-order valence-electron chi connectivity index (χ0n) is 17.0. The number of rotatable bonds is 7. The van der Waals surface area contributed by atoms with E-state index in [0.717, 1.165) is 23.5 Å². The van der Waals surface area contributed by atoms with Gasteiger partial charge in [-0.1, -0.05) is 39.0 Å². The van der Waals surface area contributed by atoms with Gasteiger partial charge < -0.3 is 20.3 Å². The van der Waals surface area contributed by atoms with Crippen molar-refractivity contribution in [3.05, 3.63) is 54.1 Å². The normalized spacial score (nSPS) is 11.0. The van der Waals surface area contributed by atoms with Crippen LogP contribution in [0.1, 0.15) is 32.8 Å². The van der Waals surface area contributed by atoms with Crippen LogP contribution in [0.3, 0.4) is 0 Å². The summed E-state index contributed by atoms with van der Waals surface area (Å²) in [6.07, 6.45) is 0.742. The van der Waals surface area contributed by atoms with E-state index in [2.05, 4.69) is 43.5 Å². The second kappa shape index (κ2) is 9.31. The third-order valence-electron chi connectivity index (χ3n) is 4.22. The zero-order valence-corrected chi connectivity index (χ0v) is 17.0. The van der Waals surface area contributed by atoms with Gasteiger partial charge in [-0.2, -0.15) is 0 Å². The van der Waals surface area contributed by atoms with Crippen molar-refractivity contribution in [2.24, 2.45) is 0 Å². The van der Waals surface area contributed by atoms with Gasteiger partial charge in [0.1, 0.15) is 5.75 Å². The van der Waals surface area contributed by atoms with Gasteiger partial charge in [0.05, 0.1) is 6.61 Å². The first-order chi connectivity index (χ1) is 12.8. The fourth-order valence-corrected chi connectivity index (χ4v) is 2.55. The van der Waals surface area contributed by atoms with Gasteiger partial charge in [-0.3, -0.25) is 0 Å². The minimum atomic E-state index is -0.208. The van der Waals surface area contributed by atoms with E-state index in [-0.39, 0.29) is 11.4 Å². The van der Waals surface area contributed by atoms with Crippen LogP contribution in [0.5, 0.6) is 5.75 Å². The average Bonchev–Trinajstić information content (AvgIpc) is 2.61. The summed E-state index contributed by atoms with van der Waals surface area (Å²) in [5, 5.41) is 5.70. The molecule has 0 saturated heterocycles. The molecule has 0 heterocycles. The van der Waals surface area contributed by atoms with Gasteiger partial charge in [-0.15, -0.1) is 0 Å². The zero-order chi connectivity index (χ0) is 19.9. The molecule has 0 atom stereocenters.